The number of rotatable bonds is 14. The molecule has 0 saturated carbocycles. The lowest BCUT2D eigenvalue weighted by molar-refractivity contribution is -0.146. The van der Waals surface area contributed by atoms with Gasteiger partial charge in [0.2, 0.25) is 17.6 Å². The number of carbonyl (C=O) groups is 4. The lowest BCUT2D eigenvalue weighted by atomic mass is 10.0. The molecular formula is C45H40F3N5O7. The predicted octanol–water partition coefficient (Wildman–Crippen LogP) is 8.21. The summed E-state index contributed by atoms with van der Waals surface area (Å²) in [5, 5.41) is 18.6. The summed E-state index contributed by atoms with van der Waals surface area (Å²) < 4.78 is 51.5. The number of nitrogens with one attached hydrogen (secondary N) is 2. The van der Waals surface area contributed by atoms with Gasteiger partial charge in [0.1, 0.15) is 17.8 Å². The van der Waals surface area contributed by atoms with Crippen molar-refractivity contribution in [2.24, 2.45) is 0 Å². The number of carbonyl (C=O) groups excluding carboxylic acids is 3. The van der Waals surface area contributed by atoms with E-state index in [9.17, 15) is 37.5 Å². The van der Waals surface area contributed by atoms with Crippen molar-refractivity contribution < 1.29 is 46.7 Å². The van der Waals surface area contributed by atoms with Gasteiger partial charge in [0.05, 0.1) is 19.1 Å². The second kappa shape index (κ2) is 17.7. The first-order valence-electron chi connectivity index (χ1n) is 18.6. The molecule has 3 N–H and O–H groups in total. The summed E-state index contributed by atoms with van der Waals surface area (Å²) in [6.07, 6.45) is -5.29. The van der Waals surface area contributed by atoms with E-state index in [1.54, 1.807) is 24.3 Å². The summed E-state index contributed by atoms with van der Waals surface area (Å²) in [5.41, 5.74) is 2.76. The summed E-state index contributed by atoms with van der Waals surface area (Å²) in [6.45, 7) is 4.09. The first-order chi connectivity index (χ1) is 28.5. The average molecular weight is 820 g/mol. The maximum Gasteiger partial charge on any atom is 0.416 e. The Morgan fingerprint density at radius 3 is 1.98 bits per heavy atom. The van der Waals surface area contributed by atoms with Crippen LogP contribution in [0.2, 0.25) is 0 Å². The molecule has 60 heavy (non-hydrogen) atoms. The van der Waals surface area contributed by atoms with Gasteiger partial charge in [-0.1, -0.05) is 77.5 Å². The van der Waals surface area contributed by atoms with E-state index in [0.717, 1.165) is 22.8 Å². The molecule has 0 saturated heterocycles. The van der Waals surface area contributed by atoms with E-state index < -0.39 is 53.9 Å². The lowest BCUT2D eigenvalue weighted by Crippen LogP contribution is -2.53. The van der Waals surface area contributed by atoms with Gasteiger partial charge in [0.15, 0.2) is 0 Å². The number of benzene rings is 5. The zero-order valence-corrected chi connectivity index (χ0v) is 33.0. The molecule has 15 heteroatoms. The molecule has 0 aliphatic heterocycles. The second-order valence-electron chi connectivity index (χ2n) is 14.5. The van der Waals surface area contributed by atoms with Crippen LogP contribution in [0.3, 0.4) is 0 Å². The highest BCUT2D eigenvalue weighted by molar-refractivity contribution is 5.98. The number of halogens is 3. The summed E-state index contributed by atoms with van der Waals surface area (Å²) in [7, 11) is 1.24. The number of methoxy groups -OCH3 is 1. The van der Waals surface area contributed by atoms with Crippen LogP contribution < -0.4 is 15.4 Å². The molecule has 0 fully saturated rings. The van der Waals surface area contributed by atoms with Crippen molar-refractivity contribution in [1.82, 2.24) is 20.4 Å². The minimum absolute atomic E-state index is 0.00405. The Labute approximate surface area is 343 Å². The van der Waals surface area contributed by atoms with Crippen LogP contribution in [0.15, 0.2) is 120 Å². The molecule has 308 valence electrons. The van der Waals surface area contributed by atoms with Crippen molar-refractivity contribution in [3.8, 4) is 39.7 Å². The molecule has 0 aliphatic carbocycles. The highest BCUT2D eigenvalue weighted by Gasteiger charge is 2.34. The number of hydrogen-bond donors (Lipinski definition) is 3. The van der Waals surface area contributed by atoms with Gasteiger partial charge in [-0.15, -0.1) is 0 Å². The number of aliphatic carboxylic acids is 1. The topological polar surface area (TPSA) is 164 Å². The van der Waals surface area contributed by atoms with Crippen LogP contribution in [-0.2, 0) is 33.5 Å². The minimum atomic E-state index is -4.71. The van der Waals surface area contributed by atoms with Gasteiger partial charge >= 0.3 is 12.1 Å². The molecule has 1 aromatic heterocycles. The number of aromatic nitrogens is 2. The lowest BCUT2D eigenvalue weighted by Gasteiger charge is -2.26. The average Bonchev–Trinajstić information content (AvgIpc) is 3.71. The van der Waals surface area contributed by atoms with Crippen molar-refractivity contribution >= 4 is 29.4 Å². The van der Waals surface area contributed by atoms with Crippen LogP contribution in [0.1, 0.15) is 46.5 Å². The number of carboxylic acids is 1. The van der Waals surface area contributed by atoms with E-state index in [-0.39, 0.29) is 29.1 Å². The molecule has 1 heterocycles. The highest BCUT2D eigenvalue weighted by atomic mass is 19.4. The number of amides is 3. The Morgan fingerprint density at radius 2 is 1.38 bits per heavy atom. The van der Waals surface area contributed by atoms with Crippen molar-refractivity contribution in [1.29, 1.82) is 0 Å². The van der Waals surface area contributed by atoms with E-state index in [0.29, 0.717) is 22.8 Å². The van der Waals surface area contributed by atoms with E-state index in [2.05, 4.69) is 45.0 Å². The predicted molar refractivity (Wildman–Crippen MR) is 217 cm³/mol. The number of ether oxygens (including phenoxy) is 1. The summed E-state index contributed by atoms with van der Waals surface area (Å²) in [4.78, 5) is 57.2. The molecular weight excluding hydrogens is 780 g/mol. The molecule has 0 bridgehead atoms. The second-order valence-corrected chi connectivity index (χ2v) is 14.5. The molecule has 3 amide bonds. The van der Waals surface area contributed by atoms with Crippen molar-refractivity contribution in [2.45, 2.75) is 45.5 Å². The zero-order chi connectivity index (χ0) is 43.2. The highest BCUT2D eigenvalue weighted by Crippen LogP contribution is 2.35. The van der Waals surface area contributed by atoms with Crippen LogP contribution in [-0.4, -0.2) is 63.0 Å². The fraction of sp³-hybridized carbons (Fsp3) is 0.200. The molecule has 6 aromatic rings. The molecule has 0 radical (unpaired) electrons. The Balaban J connectivity index is 1.15. The molecule has 0 atom stereocenters. The molecule has 5 aromatic carbocycles. The SMILES string of the molecule is COc1ccc(CC(=O)Nc2ccc(C(=O)N(CC(=O)NC(C)(C)C(=O)O)Cc3ccc(-c4noc(-c5ccc(-c6ccc(C)cc6)cc5)n4)cc3)cc2)c(C(F)(F)F)c1. The van der Waals surface area contributed by atoms with Gasteiger partial charge in [0.25, 0.3) is 11.8 Å². The number of anilines is 1. The maximum absolute atomic E-state index is 13.9. The molecule has 0 spiro atoms. The van der Waals surface area contributed by atoms with Crippen molar-refractivity contribution in [2.75, 3.05) is 19.0 Å². The minimum Gasteiger partial charge on any atom is -0.497 e. The third-order valence-electron chi connectivity index (χ3n) is 9.53. The Hall–Kier alpha value is -7.29. The van der Waals surface area contributed by atoms with Crippen molar-refractivity contribution in [3.05, 3.63) is 143 Å². The van der Waals surface area contributed by atoms with Crippen LogP contribution in [0.5, 0.6) is 5.75 Å². The van der Waals surface area contributed by atoms with E-state index in [1.165, 1.54) is 67.8 Å². The molecule has 0 aliphatic rings. The van der Waals surface area contributed by atoms with Crippen LogP contribution >= 0.6 is 0 Å². The normalized spacial score (nSPS) is 11.4. The first-order valence-corrected chi connectivity index (χ1v) is 18.6. The van der Waals surface area contributed by atoms with Gasteiger partial charge in [0, 0.05) is 28.9 Å². The third kappa shape index (κ3) is 10.4. The van der Waals surface area contributed by atoms with Gasteiger partial charge in [-0.3, -0.25) is 14.4 Å². The largest absolute Gasteiger partial charge is 0.497 e. The van der Waals surface area contributed by atoms with E-state index in [1.807, 2.05) is 31.2 Å². The number of aryl methyl sites for hydroxylation is 1. The van der Waals surface area contributed by atoms with Crippen molar-refractivity contribution in [3.63, 3.8) is 0 Å². The first kappa shape index (κ1) is 42.3. The van der Waals surface area contributed by atoms with Gasteiger partial charge in [-0.2, -0.15) is 18.2 Å². The fourth-order valence-corrected chi connectivity index (χ4v) is 6.16. The quantitative estimate of drug-likeness (QED) is 0.0983. The van der Waals surface area contributed by atoms with Gasteiger partial charge < -0.3 is 29.9 Å². The molecule has 0 unspecified atom stereocenters. The third-order valence-corrected chi connectivity index (χ3v) is 9.53. The number of alkyl halides is 3. The van der Waals surface area contributed by atoms with Crippen LogP contribution in [0.4, 0.5) is 18.9 Å². The number of nitrogens with zero attached hydrogens (tertiary/aromatic N) is 3. The van der Waals surface area contributed by atoms with E-state index in [4.69, 9.17) is 9.26 Å². The van der Waals surface area contributed by atoms with E-state index >= 15 is 0 Å². The molecule has 12 nitrogen and oxygen atoms in total. The van der Waals surface area contributed by atoms with Crippen LogP contribution in [0.25, 0.3) is 34.0 Å². The number of carboxylic acid groups (broad SMARTS) is 1. The monoisotopic (exact) mass is 819 g/mol. The fourth-order valence-electron chi connectivity index (χ4n) is 6.16. The molecule has 6 rings (SSSR count). The summed E-state index contributed by atoms with van der Waals surface area (Å²) in [6, 6.07) is 31.8. The maximum atomic E-state index is 13.9. The smallest absolute Gasteiger partial charge is 0.416 e. The number of hydrogen-bond acceptors (Lipinski definition) is 8. The Kier molecular flexibility index (Phi) is 12.5. The van der Waals surface area contributed by atoms with Crippen LogP contribution in [0, 0.1) is 6.92 Å². The summed E-state index contributed by atoms with van der Waals surface area (Å²) in [5.74, 6) is -2.65. The Morgan fingerprint density at radius 1 is 0.783 bits per heavy atom. The van der Waals surface area contributed by atoms with Gasteiger partial charge in [-0.05, 0) is 91.6 Å². The van der Waals surface area contributed by atoms with Gasteiger partial charge in [-0.25, -0.2) is 4.79 Å². The standard InChI is InChI=1S/C45H40F3N5O7/c1-27-5-9-29(10-6-27)30-13-15-32(16-14-30)41-50-40(52-60-41)31-11-7-28(8-12-31)25-53(26-39(55)51-44(2,3)43(57)58)42(56)33-17-20-35(21-18-33)49-38(54)23-34-19-22-36(59-4)24-37(34)45(46,47)48/h5-22,24H,23,25-26H2,1-4H3,(H,49,54)(H,51,55)(H,57,58). The Bertz CT molecular complexity index is 2500. The summed E-state index contributed by atoms with van der Waals surface area (Å²) >= 11 is 0. The zero-order valence-electron chi connectivity index (χ0n) is 33.0.